The van der Waals surface area contributed by atoms with Gasteiger partial charge in [-0.15, -0.1) is 0 Å². The zero-order valence-electron chi connectivity index (χ0n) is 10.6. The highest BCUT2D eigenvalue weighted by molar-refractivity contribution is 6.34. The molecule has 1 aromatic carbocycles. The number of halogens is 5. The molecule has 2 nitrogen and oxygen atoms in total. The summed E-state index contributed by atoms with van der Waals surface area (Å²) in [5.74, 6) is -0.535. The summed E-state index contributed by atoms with van der Waals surface area (Å²) in [4.78, 5) is 15.5. The van der Waals surface area contributed by atoms with Crippen molar-refractivity contribution in [3.8, 4) is 0 Å². The first-order valence-corrected chi connectivity index (χ1v) is 6.49. The maximum absolute atomic E-state index is 12.5. The van der Waals surface area contributed by atoms with Crippen molar-refractivity contribution in [2.75, 3.05) is 0 Å². The second-order valence-corrected chi connectivity index (χ2v) is 5.17. The normalized spacial score (nSPS) is 11.5. The van der Waals surface area contributed by atoms with Gasteiger partial charge in [-0.2, -0.15) is 13.2 Å². The van der Waals surface area contributed by atoms with Crippen LogP contribution in [0.5, 0.6) is 0 Å². The molecular weight excluding hydrogens is 326 g/mol. The number of aryl methyl sites for hydroxylation is 1. The average molecular weight is 334 g/mol. The fraction of sp³-hybridized carbons (Fsp3) is 0.143. The number of hydrogen-bond donors (Lipinski definition) is 0. The van der Waals surface area contributed by atoms with Gasteiger partial charge in [0, 0.05) is 10.6 Å². The number of carbonyl (C=O) groups is 1. The summed E-state index contributed by atoms with van der Waals surface area (Å²) >= 11 is 11.6. The van der Waals surface area contributed by atoms with Crippen LogP contribution in [-0.4, -0.2) is 10.8 Å². The number of aromatic nitrogens is 1. The fourth-order valence-corrected chi connectivity index (χ4v) is 2.31. The van der Waals surface area contributed by atoms with Gasteiger partial charge in [-0.1, -0.05) is 23.2 Å². The van der Waals surface area contributed by atoms with Gasteiger partial charge in [-0.25, -0.2) is 4.98 Å². The van der Waals surface area contributed by atoms with Gasteiger partial charge in [-0.05, 0) is 42.8 Å². The highest BCUT2D eigenvalue weighted by atomic mass is 35.5. The van der Waals surface area contributed by atoms with Crippen molar-refractivity contribution < 1.29 is 18.0 Å². The standard InChI is InChI=1S/C14H8Cl2F3NO/c1-7-4-8(6-9(15)5-7)12(21)10-2-3-11(14(17,18)19)20-13(10)16/h2-6H,1H3. The van der Waals surface area contributed by atoms with Crippen LogP contribution in [0, 0.1) is 6.92 Å². The molecule has 0 aliphatic carbocycles. The molecule has 0 unspecified atom stereocenters. The van der Waals surface area contributed by atoms with E-state index < -0.39 is 22.8 Å². The summed E-state index contributed by atoms with van der Waals surface area (Å²) in [5, 5.41) is -0.137. The largest absolute Gasteiger partial charge is 0.433 e. The molecule has 110 valence electrons. The molecule has 0 saturated heterocycles. The molecule has 7 heteroatoms. The smallest absolute Gasteiger partial charge is 0.288 e. The van der Waals surface area contributed by atoms with Gasteiger partial charge >= 0.3 is 6.18 Å². The molecule has 2 rings (SSSR count). The second kappa shape index (κ2) is 5.66. The molecule has 0 aliphatic rings. The minimum absolute atomic E-state index is 0.105. The van der Waals surface area contributed by atoms with Crippen molar-refractivity contribution in [3.05, 3.63) is 62.9 Å². The Hall–Kier alpha value is -1.59. The van der Waals surface area contributed by atoms with Gasteiger partial charge in [0.2, 0.25) is 0 Å². The zero-order valence-corrected chi connectivity index (χ0v) is 12.1. The van der Waals surface area contributed by atoms with E-state index in [0.717, 1.165) is 17.7 Å². The van der Waals surface area contributed by atoms with Gasteiger partial charge in [0.25, 0.3) is 0 Å². The van der Waals surface area contributed by atoms with Gasteiger partial charge in [-0.3, -0.25) is 4.79 Å². The minimum Gasteiger partial charge on any atom is -0.288 e. The Morgan fingerprint density at radius 2 is 1.81 bits per heavy atom. The summed E-state index contributed by atoms with van der Waals surface area (Å²) < 4.78 is 37.5. The molecule has 0 atom stereocenters. The van der Waals surface area contributed by atoms with Crippen molar-refractivity contribution in [2.24, 2.45) is 0 Å². The lowest BCUT2D eigenvalue weighted by molar-refractivity contribution is -0.141. The molecule has 2 aromatic rings. The van der Waals surface area contributed by atoms with Gasteiger partial charge in [0.1, 0.15) is 10.8 Å². The van der Waals surface area contributed by atoms with E-state index in [1.54, 1.807) is 19.1 Å². The van der Waals surface area contributed by atoms with Crippen LogP contribution in [0.25, 0.3) is 0 Å². The monoisotopic (exact) mass is 333 g/mol. The average Bonchev–Trinajstić information content (AvgIpc) is 2.35. The minimum atomic E-state index is -4.61. The number of alkyl halides is 3. The molecule has 21 heavy (non-hydrogen) atoms. The highest BCUT2D eigenvalue weighted by Gasteiger charge is 2.33. The molecule has 0 aliphatic heterocycles. The summed E-state index contributed by atoms with van der Waals surface area (Å²) in [6.45, 7) is 1.75. The third-order valence-electron chi connectivity index (χ3n) is 2.69. The van der Waals surface area contributed by atoms with Crippen molar-refractivity contribution >= 4 is 29.0 Å². The van der Waals surface area contributed by atoms with Gasteiger partial charge in [0.15, 0.2) is 5.78 Å². The maximum Gasteiger partial charge on any atom is 0.433 e. The predicted octanol–water partition coefficient (Wildman–Crippen LogP) is 4.95. The van der Waals surface area contributed by atoms with Crippen LogP contribution in [0.15, 0.2) is 30.3 Å². The predicted molar refractivity (Wildman–Crippen MR) is 73.9 cm³/mol. The lowest BCUT2D eigenvalue weighted by Crippen LogP contribution is -2.11. The Kier molecular flexibility index (Phi) is 4.25. The first kappa shape index (κ1) is 15.8. The van der Waals surface area contributed by atoms with Gasteiger partial charge < -0.3 is 0 Å². The Balaban J connectivity index is 2.44. The SMILES string of the molecule is Cc1cc(Cl)cc(C(=O)c2ccc(C(F)(F)F)nc2Cl)c1. The van der Waals surface area contributed by atoms with Crippen molar-refractivity contribution in [1.82, 2.24) is 4.98 Å². The van der Waals surface area contributed by atoms with E-state index in [4.69, 9.17) is 23.2 Å². The fourth-order valence-electron chi connectivity index (χ4n) is 1.78. The molecule has 0 spiro atoms. The van der Waals surface area contributed by atoms with Crippen molar-refractivity contribution in [2.45, 2.75) is 13.1 Å². The van der Waals surface area contributed by atoms with Crippen LogP contribution in [0.2, 0.25) is 10.2 Å². The molecule has 0 N–H and O–H groups in total. The number of hydrogen-bond acceptors (Lipinski definition) is 2. The van der Waals surface area contributed by atoms with E-state index in [0.29, 0.717) is 5.02 Å². The topological polar surface area (TPSA) is 30.0 Å². The van der Waals surface area contributed by atoms with Gasteiger partial charge in [0.05, 0.1) is 5.56 Å². The third kappa shape index (κ3) is 3.54. The number of pyridine rings is 1. The Morgan fingerprint density at radius 1 is 1.14 bits per heavy atom. The van der Waals surface area contributed by atoms with E-state index in [-0.39, 0.29) is 11.1 Å². The molecule has 0 amide bonds. The summed E-state index contributed by atoms with van der Waals surface area (Å²) in [5.41, 5.74) is -0.261. The third-order valence-corrected chi connectivity index (χ3v) is 3.19. The number of benzene rings is 1. The van der Waals surface area contributed by atoms with E-state index >= 15 is 0 Å². The molecule has 0 radical (unpaired) electrons. The summed E-state index contributed by atoms with van der Waals surface area (Å²) in [6, 6.07) is 6.38. The van der Waals surface area contributed by atoms with E-state index in [9.17, 15) is 18.0 Å². The van der Waals surface area contributed by atoms with E-state index in [1.807, 2.05) is 0 Å². The number of carbonyl (C=O) groups excluding carboxylic acids is 1. The Labute approximate surface area is 128 Å². The Morgan fingerprint density at radius 3 is 2.33 bits per heavy atom. The van der Waals surface area contributed by atoms with Crippen molar-refractivity contribution in [3.63, 3.8) is 0 Å². The second-order valence-electron chi connectivity index (χ2n) is 4.38. The number of nitrogens with zero attached hydrogens (tertiary/aromatic N) is 1. The molecule has 0 fully saturated rings. The van der Waals surface area contributed by atoms with E-state index in [2.05, 4.69) is 4.98 Å². The molecule has 0 bridgehead atoms. The summed E-state index contributed by atoms with van der Waals surface area (Å²) in [7, 11) is 0. The lowest BCUT2D eigenvalue weighted by atomic mass is 10.0. The van der Waals surface area contributed by atoms with Crippen LogP contribution in [0.1, 0.15) is 27.2 Å². The molecule has 1 aromatic heterocycles. The first-order chi connectivity index (χ1) is 9.68. The number of ketones is 1. The van der Waals surface area contributed by atoms with Crippen LogP contribution < -0.4 is 0 Å². The summed E-state index contributed by atoms with van der Waals surface area (Å²) in [6.07, 6.45) is -4.61. The Bertz CT molecular complexity index is 694. The molecular formula is C14H8Cl2F3NO. The maximum atomic E-state index is 12.5. The lowest BCUT2D eigenvalue weighted by Gasteiger charge is -2.09. The molecule has 1 heterocycles. The molecule has 0 saturated carbocycles. The van der Waals surface area contributed by atoms with Crippen molar-refractivity contribution in [1.29, 1.82) is 0 Å². The number of rotatable bonds is 2. The first-order valence-electron chi connectivity index (χ1n) is 5.74. The highest BCUT2D eigenvalue weighted by Crippen LogP contribution is 2.30. The van der Waals surface area contributed by atoms with E-state index in [1.165, 1.54) is 6.07 Å². The van der Waals surface area contributed by atoms with Crippen LogP contribution >= 0.6 is 23.2 Å². The van der Waals surface area contributed by atoms with Crippen LogP contribution in [-0.2, 0) is 6.18 Å². The van der Waals surface area contributed by atoms with Crippen LogP contribution in [0.4, 0.5) is 13.2 Å². The quantitative estimate of drug-likeness (QED) is 0.575. The van der Waals surface area contributed by atoms with Crippen LogP contribution in [0.3, 0.4) is 0 Å². The zero-order chi connectivity index (χ0) is 15.8.